The molecule has 4 aromatic carbocycles. The van der Waals surface area contributed by atoms with Gasteiger partial charge in [-0.1, -0.05) is 55.8 Å². The van der Waals surface area contributed by atoms with Gasteiger partial charge in [0, 0.05) is 21.8 Å². The molecular weight excluding hydrogens is 564 g/mol. The Morgan fingerprint density at radius 3 is 2.51 bits per heavy atom. The Morgan fingerprint density at radius 1 is 1.02 bits per heavy atom. The van der Waals surface area contributed by atoms with Gasteiger partial charge in [-0.15, -0.1) is 0 Å². The smallest absolute Gasteiger partial charge is 0.282 e. The van der Waals surface area contributed by atoms with Crippen LogP contribution < -0.4 is 20.3 Å². The summed E-state index contributed by atoms with van der Waals surface area (Å²) in [6.45, 7) is 5.87. The summed E-state index contributed by atoms with van der Waals surface area (Å²) in [6.07, 6.45) is 1.49. The van der Waals surface area contributed by atoms with E-state index < -0.39 is 0 Å². The molecule has 0 aliphatic carbocycles. The zero-order valence-electron chi connectivity index (χ0n) is 24.3. The third-order valence-corrected chi connectivity index (χ3v) is 7.13. The van der Waals surface area contributed by atoms with E-state index in [1.807, 2.05) is 43.3 Å². The average molecular weight is 595 g/mol. The van der Waals surface area contributed by atoms with Crippen LogP contribution in [-0.2, 0) is 4.79 Å². The predicted octanol–water partition coefficient (Wildman–Crippen LogP) is 7.06. The van der Waals surface area contributed by atoms with Crippen molar-refractivity contribution in [2.75, 3.05) is 19.0 Å². The minimum atomic E-state index is -0.329. The summed E-state index contributed by atoms with van der Waals surface area (Å²) in [5.41, 5.74) is 4.00. The molecular formula is C34H31ClN4O4. The number of aromatic nitrogens is 2. The fourth-order valence-electron chi connectivity index (χ4n) is 4.71. The molecule has 0 spiro atoms. The van der Waals surface area contributed by atoms with E-state index in [2.05, 4.69) is 24.3 Å². The highest BCUT2D eigenvalue weighted by Crippen LogP contribution is 2.34. The van der Waals surface area contributed by atoms with Crippen LogP contribution in [0.15, 0.2) is 94.8 Å². The van der Waals surface area contributed by atoms with Gasteiger partial charge in [0.1, 0.15) is 11.5 Å². The normalized spacial score (nSPS) is 11.3. The van der Waals surface area contributed by atoms with Crippen molar-refractivity contribution in [1.82, 2.24) is 9.66 Å². The van der Waals surface area contributed by atoms with Crippen LogP contribution in [0.2, 0.25) is 5.02 Å². The van der Waals surface area contributed by atoms with E-state index in [1.54, 1.807) is 55.6 Å². The molecule has 5 rings (SSSR count). The van der Waals surface area contributed by atoms with Crippen LogP contribution in [0.3, 0.4) is 0 Å². The Labute approximate surface area is 254 Å². The number of carbonyl (C=O) groups excluding carboxylic acids is 1. The lowest BCUT2D eigenvalue weighted by molar-refractivity contribution is -0.118. The maximum absolute atomic E-state index is 13.8. The van der Waals surface area contributed by atoms with E-state index in [1.165, 1.54) is 10.9 Å². The molecule has 0 bridgehead atoms. The first-order valence-corrected chi connectivity index (χ1v) is 14.1. The van der Waals surface area contributed by atoms with Crippen LogP contribution in [0.5, 0.6) is 11.5 Å². The molecule has 1 N–H and O–H groups in total. The summed E-state index contributed by atoms with van der Waals surface area (Å²) in [5.74, 6) is 1.38. The number of hydrogen-bond acceptors (Lipinski definition) is 6. The third-order valence-electron chi connectivity index (χ3n) is 6.89. The quantitative estimate of drug-likeness (QED) is 0.184. The molecule has 0 saturated heterocycles. The molecule has 0 radical (unpaired) electrons. The fourth-order valence-corrected chi connectivity index (χ4v) is 4.89. The second-order valence-corrected chi connectivity index (χ2v) is 10.7. The van der Waals surface area contributed by atoms with Crippen molar-refractivity contribution in [3.63, 3.8) is 0 Å². The summed E-state index contributed by atoms with van der Waals surface area (Å²) in [5, 5.41) is 8.27. The van der Waals surface area contributed by atoms with Crippen molar-refractivity contribution in [1.29, 1.82) is 0 Å². The molecule has 9 heteroatoms. The van der Waals surface area contributed by atoms with Crippen molar-refractivity contribution in [2.45, 2.75) is 26.7 Å². The van der Waals surface area contributed by atoms with Crippen molar-refractivity contribution >= 4 is 40.3 Å². The van der Waals surface area contributed by atoms with Crippen LogP contribution in [-0.4, -0.2) is 35.5 Å². The van der Waals surface area contributed by atoms with Gasteiger partial charge in [-0.25, -0.2) is 4.98 Å². The molecule has 0 atom stereocenters. The fraction of sp³-hybridized carbons (Fsp3) is 0.176. The monoisotopic (exact) mass is 594 g/mol. The zero-order chi connectivity index (χ0) is 30.5. The van der Waals surface area contributed by atoms with Gasteiger partial charge in [0.25, 0.3) is 11.5 Å². The largest absolute Gasteiger partial charge is 0.496 e. The number of aryl methyl sites for hydroxylation is 1. The molecule has 0 aliphatic rings. The molecule has 8 nitrogen and oxygen atoms in total. The number of amides is 1. The van der Waals surface area contributed by atoms with Gasteiger partial charge in [-0.3, -0.25) is 9.59 Å². The lowest BCUT2D eigenvalue weighted by Crippen LogP contribution is -2.21. The Bertz CT molecular complexity index is 1880. The minimum absolute atomic E-state index is 0.170. The van der Waals surface area contributed by atoms with Gasteiger partial charge < -0.3 is 14.8 Å². The molecule has 0 saturated carbocycles. The summed E-state index contributed by atoms with van der Waals surface area (Å²) in [4.78, 5) is 31.2. The predicted molar refractivity (Wildman–Crippen MR) is 172 cm³/mol. The van der Waals surface area contributed by atoms with E-state index >= 15 is 0 Å². The van der Waals surface area contributed by atoms with Crippen molar-refractivity contribution in [2.24, 2.45) is 5.10 Å². The van der Waals surface area contributed by atoms with Crippen LogP contribution in [0.4, 0.5) is 5.69 Å². The van der Waals surface area contributed by atoms with Crippen molar-refractivity contribution < 1.29 is 14.3 Å². The summed E-state index contributed by atoms with van der Waals surface area (Å²) in [7, 11) is 1.64. The summed E-state index contributed by atoms with van der Waals surface area (Å²) >= 11 is 6.31. The molecule has 0 fully saturated rings. The second-order valence-electron chi connectivity index (χ2n) is 10.3. The average Bonchev–Trinajstić information content (AvgIpc) is 3.00. The van der Waals surface area contributed by atoms with Crippen LogP contribution >= 0.6 is 11.6 Å². The van der Waals surface area contributed by atoms with Gasteiger partial charge >= 0.3 is 0 Å². The number of fused-ring (bicyclic) bond motifs is 1. The highest BCUT2D eigenvalue weighted by molar-refractivity contribution is 6.30. The maximum atomic E-state index is 13.8. The minimum Gasteiger partial charge on any atom is -0.496 e. The van der Waals surface area contributed by atoms with Crippen LogP contribution in [0.25, 0.3) is 22.3 Å². The van der Waals surface area contributed by atoms with Crippen LogP contribution in [0.1, 0.15) is 36.5 Å². The zero-order valence-corrected chi connectivity index (χ0v) is 25.1. The molecule has 218 valence electrons. The SMILES string of the molecule is COc1cc(C)c(-c2nc3ccccc3c(=O)n2N=Cc2cc(Cl)ccc2OCC(=O)Nc2ccccc2)cc1C(C)C. The number of para-hydroxylation sites is 2. The van der Waals surface area contributed by atoms with E-state index in [-0.39, 0.29) is 24.0 Å². The molecule has 1 amide bonds. The summed E-state index contributed by atoms with van der Waals surface area (Å²) in [6, 6.07) is 25.2. The number of anilines is 1. The van der Waals surface area contributed by atoms with E-state index in [4.69, 9.17) is 26.1 Å². The van der Waals surface area contributed by atoms with E-state index in [0.29, 0.717) is 38.8 Å². The molecule has 43 heavy (non-hydrogen) atoms. The van der Waals surface area contributed by atoms with Crippen LogP contribution in [0, 0.1) is 6.92 Å². The highest BCUT2D eigenvalue weighted by Gasteiger charge is 2.18. The number of benzene rings is 4. The van der Waals surface area contributed by atoms with E-state index in [0.717, 1.165) is 22.4 Å². The number of nitrogens with zero attached hydrogens (tertiary/aromatic N) is 3. The second kappa shape index (κ2) is 12.9. The maximum Gasteiger partial charge on any atom is 0.282 e. The molecule has 1 aromatic heterocycles. The molecule has 0 unspecified atom stereocenters. The standard InChI is InChI=1S/C34H31ClN4O4/c1-21(2)27-18-28(22(3)16-31(27)42-4)33-38-29-13-9-8-12-26(29)34(41)39(33)36-19-23-17-24(35)14-15-30(23)43-20-32(40)37-25-10-6-5-7-11-25/h5-19,21H,20H2,1-4H3,(H,37,40). The molecule has 0 aliphatic heterocycles. The Morgan fingerprint density at radius 2 is 1.77 bits per heavy atom. The van der Waals surface area contributed by atoms with E-state index in [9.17, 15) is 9.59 Å². The Kier molecular flexibility index (Phi) is 8.87. The number of ether oxygens (including phenoxy) is 2. The topological polar surface area (TPSA) is 94.8 Å². The molecule has 5 aromatic rings. The van der Waals surface area contributed by atoms with Gasteiger partial charge in [0.2, 0.25) is 0 Å². The van der Waals surface area contributed by atoms with Gasteiger partial charge in [-0.2, -0.15) is 9.78 Å². The highest BCUT2D eigenvalue weighted by atomic mass is 35.5. The Hall–Kier alpha value is -4.95. The van der Waals surface area contributed by atoms with Gasteiger partial charge in [0.05, 0.1) is 24.2 Å². The number of carbonyl (C=O) groups is 1. The number of methoxy groups -OCH3 is 1. The van der Waals surface area contributed by atoms with Crippen molar-refractivity contribution in [3.8, 4) is 22.9 Å². The number of rotatable bonds is 9. The Balaban J connectivity index is 1.56. The third kappa shape index (κ3) is 6.60. The number of halogens is 1. The first kappa shape index (κ1) is 29.5. The van der Waals surface area contributed by atoms with Gasteiger partial charge in [-0.05, 0) is 78.6 Å². The van der Waals surface area contributed by atoms with Gasteiger partial charge in [0.15, 0.2) is 12.4 Å². The molecule has 1 heterocycles. The number of nitrogens with one attached hydrogen (secondary N) is 1. The van der Waals surface area contributed by atoms with Crippen molar-refractivity contribution in [3.05, 3.63) is 117 Å². The lowest BCUT2D eigenvalue weighted by Gasteiger charge is -2.17. The summed E-state index contributed by atoms with van der Waals surface area (Å²) < 4.78 is 12.8. The first-order chi connectivity index (χ1) is 20.7. The number of hydrogen-bond donors (Lipinski definition) is 1. The lowest BCUT2D eigenvalue weighted by atomic mass is 9.96. The first-order valence-electron chi connectivity index (χ1n) is 13.8.